The second-order valence-corrected chi connectivity index (χ2v) is 11.0. The number of nitrogens with two attached hydrogens (primary N) is 1. The van der Waals surface area contributed by atoms with E-state index in [-0.39, 0.29) is 30.3 Å². The second-order valence-electron chi connectivity index (χ2n) is 11.0. The van der Waals surface area contributed by atoms with E-state index in [1.54, 1.807) is 37.6 Å². The van der Waals surface area contributed by atoms with Crippen LogP contribution in [0.15, 0.2) is 91.1 Å². The summed E-state index contributed by atoms with van der Waals surface area (Å²) in [5, 5.41) is 19.8. The first-order chi connectivity index (χ1) is 21.2. The Kier molecular flexibility index (Phi) is 11.5. The Bertz CT molecular complexity index is 1510. The lowest BCUT2D eigenvalue weighted by molar-refractivity contribution is -0.120. The predicted molar refractivity (Wildman–Crippen MR) is 172 cm³/mol. The van der Waals surface area contributed by atoms with Crippen molar-refractivity contribution in [1.82, 2.24) is 20.9 Å². The summed E-state index contributed by atoms with van der Waals surface area (Å²) < 4.78 is 5.19. The number of ether oxygens (including phenoxy) is 1. The number of methoxy groups -OCH3 is 1. The Morgan fingerprint density at radius 1 is 0.909 bits per heavy atom. The van der Waals surface area contributed by atoms with Gasteiger partial charge in [-0.2, -0.15) is 0 Å². The van der Waals surface area contributed by atoms with Crippen LogP contribution in [0.2, 0.25) is 0 Å². The summed E-state index contributed by atoms with van der Waals surface area (Å²) in [5.41, 5.74) is 10.8. The highest BCUT2D eigenvalue weighted by molar-refractivity contribution is 5.94. The van der Waals surface area contributed by atoms with Crippen molar-refractivity contribution < 1.29 is 19.4 Å². The number of carbonyl (C=O) groups excluding carboxylic acids is 2. The standard InChI is InChI=1S/C35H41N5O4/c1-23(37-22-32(41)30-13-16-33(36)38-21-30)17-26-5-4-6-27(18-26)19-34(42)39-20-25-7-9-29(10-8-25)35(43)40-24(2)28-11-14-31(44-3)15-12-28/h4-16,18,21,23-24,32,37,41H,17,19-20,22H2,1-3H3,(H2,36,38)(H,39,42)(H,40,43)/t23?,24-,32+/m1/s1. The van der Waals surface area contributed by atoms with Gasteiger partial charge in [0.25, 0.3) is 5.91 Å². The van der Waals surface area contributed by atoms with E-state index in [1.807, 2.05) is 67.6 Å². The normalized spacial score (nSPS) is 13.0. The zero-order valence-corrected chi connectivity index (χ0v) is 25.4. The van der Waals surface area contributed by atoms with Crippen molar-refractivity contribution >= 4 is 17.6 Å². The maximum absolute atomic E-state index is 12.7. The van der Waals surface area contributed by atoms with Gasteiger partial charge in [-0.05, 0) is 72.9 Å². The Hall–Kier alpha value is -4.73. The third kappa shape index (κ3) is 9.65. The van der Waals surface area contributed by atoms with Crippen LogP contribution in [0.3, 0.4) is 0 Å². The van der Waals surface area contributed by atoms with Crippen LogP contribution in [0.5, 0.6) is 5.75 Å². The van der Waals surface area contributed by atoms with Gasteiger partial charge in [0.1, 0.15) is 11.6 Å². The lowest BCUT2D eigenvalue weighted by Gasteiger charge is -2.18. The molecule has 230 valence electrons. The third-order valence-electron chi connectivity index (χ3n) is 7.42. The Morgan fingerprint density at radius 2 is 1.61 bits per heavy atom. The zero-order valence-electron chi connectivity index (χ0n) is 25.4. The maximum Gasteiger partial charge on any atom is 0.251 e. The number of pyridine rings is 1. The van der Waals surface area contributed by atoms with Crippen LogP contribution in [0.4, 0.5) is 5.82 Å². The van der Waals surface area contributed by atoms with E-state index < -0.39 is 6.10 Å². The van der Waals surface area contributed by atoms with Crippen molar-refractivity contribution in [3.8, 4) is 5.75 Å². The highest BCUT2D eigenvalue weighted by Gasteiger charge is 2.13. The van der Waals surface area contributed by atoms with E-state index in [2.05, 4.69) is 27.9 Å². The fraction of sp³-hybridized carbons (Fsp3) is 0.286. The number of amides is 2. The summed E-state index contributed by atoms with van der Waals surface area (Å²) in [6.45, 7) is 4.76. The minimum absolute atomic E-state index is 0.0799. The number of benzene rings is 3. The molecule has 0 aliphatic rings. The van der Waals surface area contributed by atoms with Crippen molar-refractivity contribution in [3.05, 3.63) is 125 Å². The Labute approximate surface area is 258 Å². The second kappa shape index (κ2) is 15.7. The molecular weight excluding hydrogens is 554 g/mol. The van der Waals surface area contributed by atoms with E-state index in [0.29, 0.717) is 30.0 Å². The molecule has 0 bridgehead atoms. The monoisotopic (exact) mass is 595 g/mol. The first kappa shape index (κ1) is 32.2. The van der Waals surface area contributed by atoms with Crippen LogP contribution in [0.25, 0.3) is 0 Å². The first-order valence-corrected chi connectivity index (χ1v) is 14.7. The number of carbonyl (C=O) groups is 2. The fourth-order valence-corrected chi connectivity index (χ4v) is 4.82. The van der Waals surface area contributed by atoms with Crippen molar-refractivity contribution in [2.45, 2.75) is 51.4 Å². The molecule has 0 aliphatic heterocycles. The van der Waals surface area contributed by atoms with E-state index in [4.69, 9.17) is 10.5 Å². The predicted octanol–water partition coefficient (Wildman–Crippen LogP) is 4.28. The van der Waals surface area contributed by atoms with Gasteiger partial charge < -0.3 is 31.5 Å². The molecule has 6 N–H and O–H groups in total. The number of aliphatic hydroxyl groups is 1. The largest absolute Gasteiger partial charge is 0.497 e. The van der Waals surface area contributed by atoms with Crippen molar-refractivity contribution in [2.24, 2.45) is 0 Å². The Morgan fingerprint density at radius 3 is 2.30 bits per heavy atom. The average molecular weight is 596 g/mol. The maximum atomic E-state index is 12.7. The number of aromatic nitrogens is 1. The number of nitrogens with one attached hydrogen (secondary N) is 3. The minimum Gasteiger partial charge on any atom is -0.497 e. The first-order valence-electron chi connectivity index (χ1n) is 14.7. The van der Waals surface area contributed by atoms with Crippen LogP contribution in [-0.2, 0) is 24.2 Å². The number of nitrogens with zero attached hydrogens (tertiary/aromatic N) is 1. The van der Waals surface area contributed by atoms with Crippen LogP contribution in [0.1, 0.15) is 64.2 Å². The zero-order chi connectivity index (χ0) is 31.5. The highest BCUT2D eigenvalue weighted by Crippen LogP contribution is 2.18. The molecule has 0 aliphatic carbocycles. The van der Waals surface area contributed by atoms with E-state index >= 15 is 0 Å². The summed E-state index contributed by atoms with van der Waals surface area (Å²) in [6, 6.07) is 26.2. The summed E-state index contributed by atoms with van der Waals surface area (Å²) >= 11 is 0. The quantitative estimate of drug-likeness (QED) is 0.147. The summed E-state index contributed by atoms with van der Waals surface area (Å²) in [4.78, 5) is 29.5. The van der Waals surface area contributed by atoms with E-state index in [9.17, 15) is 14.7 Å². The molecule has 0 fully saturated rings. The van der Waals surface area contributed by atoms with Crippen molar-refractivity contribution in [3.63, 3.8) is 0 Å². The van der Waals surface area contributed by atoms with Gasteiger partial charge in [-0.3, -0.25) is 9.59 Å². The van der Waals surface area contributed by atoms with Gasteiger partial charge in [-0.15, -0.1) is 0 Å². The van der Waals surface area contributed by atoms with Crippen LogP contribution >= 0.6 is 0 Å². The summed E-state index contributed by atoms with van der Waals surface area (Å²) in [5.74, 6) is 0.944. The number of hydrogen-bond donors (Lipinski definition) is 5. The number of nitrogen functional groups attached to an aromatic ring is 1. The molecule has 1 heterocycles. The molecule has 0 saturated heterocycles. The van der Waals surface area contributed by atoms with Gasteiger partial charge in [-0.1, -0.05) is 54.6 Å². The van der Waals surface area contributed by atoms with Gasteiger partial charge in [0, 0.05) is 36.5 Å². The average Bonchev–Trinajstić information content (AvgIpc) is 3.03. The molecule has 4 rings (SSSR count). The third-order valence-corrected chi connectivity index (χ3v) is 7.42. The molecule has 0 spiro atoms. The molecule has 0 saturated carbocycles. The van der Waals surface area contributed by atoms with Gasteiger partial charge in [0.2, 0.25) is 5.91 Å². The summed E-state index contributed by atoms with van der Waals surface area (Å²) in [7, 11) is 1.62. The molecule has 3 atom stereocenters. The van der Waals surface area contributed by atoms with Crippen molar-refractivity contribution in [2.75, 3.05) is 19.4 Å². The van der Waals surface area contributed by atoms with Crippen LogP contribution in [0, 0.1) is 0 Å². The van der Waals surface area contributed by atoms with Crippen LogP contribution < -0.4 is 26.4 Å². The molecule has 9 heteroatoms. The number of rotatable bonds is 14. The molecule has 2 amide bonds. The molecule has 4 aromatic rings. The van der Waals surface area contributed by atoms with Gasteiger partial charge in [0.05, 0.1) is 25.7 Å². The smallest absolute Gasteiger partial charge is 0.251 e. The molecule has 0 radical (unpaired) electrons. The van der Waals surface area contributed by atoms with Crippen molar-refractivity contribution in [1.29, 1.82) is 0 Å². The molecular formula is C35H41N5O4. The summed E-state index contributed by atoms with van der Waals surface area (Å²) in [6.07, 6.45) is 1.92. The van der Waals surface area contributed by atoms with Gasteiger partial charge >= 0.3 is 0 Å². The lowest BCUT2D eigenvalue weighted by atomic mass is 10.0. The lowest BCUT2D eigenvalue weighted by Crippen LogP contribution is -2.32. The SMILES string of the molecule is COc1ccc([C@@H](C)NC(=O)c2ccc(CNC(=O)Cc3cccc(CC(C)NC[C@H](O)c4ccc(N)nc4)c3)cc2)cc1. The molecule has 9 nitrogen and oxygen atoms in total. The highest BCUT2D eigenvalue weighted by atomic mass is 16.5. The van der Waals surface area contributed by atoms with Crippen LogP contribution in [-0.4, -0.2) is 41.6 Å². The van der Waals surface area contributed by atoms with Gasteiger partial charge in [-0.25, -0.2) is 4.98 Å². The number of anilines is 1. The topological polar surface area (TPSA) is 139 Å². The molecule has 3 aromatic carbocycles. The molecule has 44 heavy (non-hydrogen) atoms. The Balaban J connectivity index is 1.20. The number of hydrogen-bond acceptors (Lipinski definition) is 7. The van der Waals surface area contributed by atoms with E-state index in [0.717, 1.165) is 34.4 Å². The van der Waals surface area contributed by atoms with Gasteiger partial charge in [0.15, 0.2) is 0 Å². The minimum atomic E-state index is -0.678. The number of aliphatic hydroxyl groups excluding tert-OH is 1. The van der Waals surface area contributed by atoms with E-state index in [1.165, 1.54) is 0 Å². The fourth-order valence-electron chi connectivity index (χ4n) is 4.82. The molecule has 1 unspecified atom stereocenters. The molecule has 1 aromatic heterocycles.